The zero-order valence-corrected chi connectivity index (χ0v) is 22.8. The van der Waals surface area contributed by atoms with Crippen molar-refractivity contribution in [2.45, 2.75) is 24.9 Å². The van der Waals surface area contributed by atoms with E-state index in [-0.39, 0.29) is 11.8 Å². The highest BCUT2D eigenvalue weighted by atomic mass is 31.2. The van der Waals surface area contributed by atoms with E-state index in [0.29, 0.717) is 0 Å². The van der Waals surface area contributed by atoms with Crippen LogP contribution in [0.15, 0.2) is 146 Å². The molecule has 188 valence electrons. The third-order valence-corrected chi connectivity index (χ3v) is 12.4. The molecule has 0 aliphatic carbocycles. The molecule has 3 heteroatoms. The quantitative estimate of drug-likeness (QED) is 0.235. The van der Waals surface area contributed by atoms with Crippen LogP contribution >= 0.6 is 7.26 Å². The molecule has 0 heterocycles. The summed E-state index contributed by atoms with van der Waals surface area (Å²) < 4.78 is 0. The summed E-state index contributed by atoms with van der Waals surface area (Å²) in [7, 11) is -2.84. The standard InChI is InChI=1S/C35H32NOP/c1-27(2)32-25-15-16-26-33(32)35(34(36)37,28-17-7-3-8-18-28)38(29-19-9-4-10-20-29,30-21-11-5-12-22-30)31-23-13-6-14-24-31/h3-27H,1-2H3,(H-,36,37)/p+1. The van der Waals surface area contributed by atoms with Crippen LogP contribution in [0, 0.1) is 0 Å². The first-order valence-electron chi connectivity index (χ1n) is 13.1. The SMILES string of the molecule is CC(C)c1ccccc1C(C(N)=O)(c1ccccc1)[P+](c1ccccc1)(c1ccccc1)c1ccccc1. The molecule has 0 saturated carbocycles. The highest BCUT2D eigenvalue weighted by molar-refractivity contribution is 7.97. The molecule has 0 bridgehead atoms. The summed E-state index contributed by atoms with van der Waals surface area (Å²) in [5.74, 6) is -0.153. The first-order chi connectivity index (χ1) is 18.5. The van der Waals surface area contributed by atoms with Gasteiger partial charge in [-0.1, -0.05) is 123 Å². The van der Waals surface area contributed by atoms with E-state index in [2.05, 4.69) is 117 Å². The van der Waals surface area contributed by atoms with E-state index < -0.39 is 12.4 Å². The maximum atomic E-state index is 14.6. The highest BCUT2D eigenvalue weighted by Gasteiger charge is 2.68. The Balaban J connectivity index is 2.12. The minimum atomic E-state index is -2.84. The van der Waals surface area contributed by atoms with Gasteiger partial charge in [-0.25, -0.2) is 0 Å². The maximum absolute atomic E-state index is 14.6. The molecule has 1 atom stereocenters. The second-order valence-corrected chi connectivity index (χ2v) is 13.4. The number of nitrogens with two attached hydrogens (primary N) is 1. The number of primary amides is 1. The fourth-order valence-electron chi connectivity index (χ4n) is 5.96. The van der Waals surface area contributed by atoms with Crippen molar-refractivity contribution in [3.8, 4) is 0 Å². The molecule has 38 heavy (non-hydrogen) atoms. The monoisotopic (exact) mass is 514 g/mol. The van der Waals surface area contributed by atoms with Gasteiger partial charge in [-0.2, -0.15) is 0 Å². The average molecular weight is 515 g/mol. The molecule has 0 radical (unpaired) electrons. The van der Waals surface area contributed by atoms with Crippen molar-refractivity contribution >= 4 is 29.1 Å². The molecular formula is C35H33NOP+. The molecule has 0 aromatic heterocycles. The van der Waals surface area contributed by atoms with Gasteiger partial charge in [0.25, 0.3) is 5.91 Å². The first kappa shape index (κ1) is 25.6. The van der Waals surface area contributed by atoms with Gasteiger partial charge in [0.05, 0.1) is 0 Å². The molecule has 2 N–H and O–H groups in total. The number of hydrogen-bond acceptors (Lipinski definition) is 1. The zero-order chi connectivity index (χ0) is 26.6. The van der Waals surface area contributed by atoms with E-state index in [1.807, 2.05) is 42.5 Å². The second-order valence-electron chi connectivity index (χ2n) is 9.86. The lowest BCUT2D eigenvalue weighted by Gasteiger charge is -2.44. The molecule has 5 rings (SSSR count). The van der Waals surface area contributed by atoms with Gasteiger partial charge in [0.15, 0.2) is 0 Å². The molecule has 1 amide bonds. The summed E-state index contributed by atoms with van der Waals surface area (Å²) >= 11 is 0. The van der Waals surface area contributed by atoms with E-state index >= 15 is 0 Å². The Morgan fingerprint density at radius 3 is 1.34 bits per heavy atom. The zero-order valence-electron chi connectivity index (χ0n) is 21.9. The lowest BCUT2D eigenvalue weighted by atomic mass is 9.83. The molecule has 5 aromatic rings. The fourth-order valence-corrected chi connectivity index (χ4v) is 11.3. The van der Waals surface area contributed by atoms with Crippen molar-refractivity contribution in [3.63, 3.8) is 0 Å². The summed E-state index contributed by atoms with van der Waals surface area (Å²) in [6.07, 6.45) is 0. The van der Waals surface area contributed by atoms with Gasteiger partial charge in [0, 0.05) is 11.1 Å². The van der Waals surface area contributed by atoms with Crippen LogP contribution in [-0.4, -0.2) is 5.91 Å². The first-order valence-corrected chi connectivity index (χ1v) is 14.8. The number of amides is 1. The molecule has 5 aromatic carbocycles. The van der Waals surface area contributed by atoms with Crippen molar-refractivity contribution < 1.29 is 4.79 Å². The van der Waals surface area contributed by atoms with Crippen molar-refractivity contribution in [1.82, 2.24) is 0 Å². The molecule has 0 fully saturated rings. The number of hydrogen-bond donors (Lipinski definition) is 1. The van der Waals surface area contributed by atoms with Crippen LogP contribution in [0.3, 0.4) is 0 Å². The van der Waals surface area contributed by atoms with Crippen molar-refractivity contribution in [2.75, 3.05) is 0 Å². The van der Waals surface area contributed by atoms with Gasteiger partial charge >= 0.3 is 0 Å². The number of carbonyl (C=O) groups is 1. The Bertz CT molecular complexity index is 1400. The maximum Gasteiger partial charge on any atom is 0.271 e. The van der Waals surface area contributed by atoms with Crippen LogP contribution in [0.5, 0.6) is 0 Å². The smallest absolute Gasteiger partial charge is 0.271 e. The van der Waals surface area contributed by atoms with E-state index in [1.165, 1.54) is 0 Å². The van der Waals surface area contributed by atoms with Gasteiger partial charge in [0.2, 0.25) is 5.16 Å². The molecular weight excluding hydrogens is 481 g/mol. The lowest BCUT2D eigenvalue weighted by molar-refractivity contribution is -0.119. The van der Waals surface area contributed by atoms with E-state index in [1.54, 1.807) is 0 Å². The van der Waals surface area contributed by atoms with Crippen molar-refractivity contribution in [1.29, 1.82) is 0 Å². The summed E-state index contributed by atoms with van der Waals surface area (Å²) in [5, 5.41) is 2.16. The molecule has 0 aliphatic rings. The lowest BCUT2D eigenvalue weighted by Crippen LogP contribution is -2.54. The summed E-state index contributed by atoms with van der Waals surface area (Å²) in [5.41, 5.74) is 9.80. The Morgan fingerprint density at radius 1 is 0.579 bits per heavy atom. The third-order valence-electron chi connectivity index (χ3n) is 7.45. The summed E-state index contributed by atoms with van der Waals surface area (Å²) in [6, 6.07) is 50.1. The van der Waals surface area contributed by atoms with Gasteiger partial charge in [-0.05, 0) is 47.9 Å². The Kier molecular flexibility index (Phi) is 7.27. The van der Waals surface area contributed by atoms with Gasteiger partial charge in [-0.3, -0.25) is 4.79 Å². The Labute approximate surface area is 226 Å². The van der Waals surface area contributed by atoms with E-state index in [0.717, 1.165) is 32.6 Å². The summed E-state index contributed by atoms with van der Waals surface area (Å²) in [4.78, 5) is 14.6. The second kappa shape index (κ2) is 10.8. The summed E-state index contributed by atoms with van der Waals surface area (Å²) in [6.45, 7) is 4.37. The minimum absolute atomic E-state index is 0.192. The van der Waals surface area contributed by atoms with Crippen LogP contribution in [0.4, 0.5) is 0 Å². The number of carbonyl (C=O) groups excluding carboxylic acids is 1. The van der Waals surface area contributed by atoms with Gasteiger partial charge in [0.1, 0.15) is 23.2 Å². The molecule has 0 spiro atoms. The number of rotatable bonds is 8. The average Bonchev–Trinajstić information content (AvgIpc) is 2.97. The minimum Gasteiger partial charge on any atom is -0.365 e. The topological polar surface area (TPSA) is 43.1 Å². The third kappa shape index (κ3) is 3.97. The molecule has 1 unspecified atom stereocenters. The molecule has 0 aliphatic heterocycles. The van der Waals surface area contributed by atoms with E-state index in [9.17, 15) is 4.79 Å². The van der Waals surface area contributed by atoms with Gasteiger partial charge in [-0.15, -0.1) is 0 Å². The highest BCUT2D eigenvalue weighted by Crippen LogP contribution is 2.73. The predicted molar refractivity (Wildman–Crippen MR) is 162 cm³/mol. The molecule has 2 nitrogen and oxygen atoms in total. The van der Waals surface area contributed by atoms with Crippen LogP contribution < -0.4 is 21.6 Å². The van der Waals surface area contributed by atoms with Crippen LogP contribution in [0.25, 0.3) is 0 Å². The normalized spacial score (nSPS) is 13.1. The largest absolute Gasteiger partial charge is 0.365 e. The van der Waals surface area contributed by atoms with E-state index in [4.69, 9.17) is 5.73 Å². The Hall–Kier alpha value is -4.00. The van der Waals surface area contributed by atoms with Crippen molar-refractivity contribution in [3.05, 3.63) is 162 Å². The molecule has 0 saturated heterocycles. The Morgan fingerprint density at radius 2 is 0.947 bits per heavy atom. The van der Waals surface area contributed by atoms with Crippen molar-refractivity contribution in [2.24, 2.45) is 5.73 Å². The predicted octanol–water partition coefficient (Wildman–Crippen LogP) is 6.53. The fraction of sp³-hybridized carbons (Fsp3) is 0.114. The van der Waals surface area contributed by atoms with Crippen LogP contribution in [-0.2, 0) is 9.95 Å². The van der Waals surface area contributed by atoms with Crippen LogP contribution in [0.1, 0.15) is 36.5 Å². The van der Waals surface area contributed by atoms with Gasteiger partial charge < -0.3 is 5.73 Å². The van der Waals surface area contributed by atoms with Crippen LogP contribution in [0.2, 0.25) is 0 Å². The number of benzene rings is 5.